The van der Waals surface area contributed by atoms with Gasteiger partial charge in [-0.25, -0.2) is 18.1 Å². The molecule has 0 aliphatic heterocycles. The van der Waals surface area contributed by atoms with Crippen LogP contribution in [0.2, 0.25) is 5.02 Å². The third-order valence-electron chi connectivity index (χ3n) is 7.97. The summed E-state index contributed by atoms with van der Waals surface area (Å²) in [5.74, 6) is 0.660. The van der Waals surface area contributed by atoms with Crippen molar-refractivity contribution in [2.75, 3.05) is 25.1 Å². The number of rotatable bonds is 10. The number of halogens is 1. The molecule has 3 N–H and O–H groups in total. The van der Waals surface area contributed by atoms with Gasteiger partial charge in [0, 0.05) is 36.5 Å². The highest BCUT2D eigenvalue weighted by molar-refractivity contribution is 7.89. The van der Waals surface area contributed by atoms with Crippen LogP contribution in [0.1, 0.15) is 63.0 Å². The van der Waals surface area contributed by atoms with Crippen LogP contribution in [0.4, 0.5) is 11.6 Å². The number of aliphatic hydroxyl groups is 1. The number of pyridine rings is 1. The van der Waals surface area contributed by atoms with Crippen LogP contribution >= 0.6 is 11.6 Å². The largest absolute Gasteiger partial charge is 0.396 e. The maximum absolute atomic E-state index is 12.9. The SMILES string of the molecule is Cc1cc(S(=O)(=O)NCCOC2CCC(CO)CC2)ccc1Nc1ncc2cc(Cl)c(=O)n(C3CCCC3)c2n1. The first kappa shape index (κ1) is 28.9. The molecule has 0 atom stereocenters. The van der Waals surface area contributed by atoms with Crippen molar-refractivity contribution in [1.82, 2.24) is 19.3 Å². The summed E-state index contributed by atoms with van der Waals surface area (Å²) in [7, 11) is -3.71. The van der Waals surface area contributed by atoms with Crippen molar-refractivity contribution in [3.05, 3.63) is 51.4 Å². The van der Waals surface area contributed by atoms with E-state index in [2.05, 4.69) is 20.0 Å². The summed E-state index contributed by atoms with van der Waals surface area (Å²) >= 11 is 6.23. The molecule has 0 spiro atoms. The molecule has 0 amide bonds. The molecule has 0 unspecified atom stereocenters. The molecule has 5 rings (SSSR count). The molecule has 2 aliphatic carbocycles. The summed E-state index contributed by atoms with van der Waals surface area (Å²) in [6, 6.07) is 6.46. The number of anilines is 2. The molecule has 0 bridgehead atoms. The lowest BCUT2D eigenvalue weighted by molar-refractivity contribution is 0.0144. The Morgan fingerprint density at radius 2 is 1.88 bits per heavy atom. The lowest BCUT2D eigenvalue weighted by Gasteiger charge is -2.27. The molecule has 2 fully saturated rings. The monoisotopic (exact) mass is 589 g/mol. The third-order valence-corrected chi connectivity index (χ3v) is 9.70. The van der Waals surface area contributed by atoms with Gasteiger partial charge in [-0.1, -0.05) is 24.4 Å². The molecule has 2 saturated carbocycles. The van der Waals surface area contributed by atoms with Crippen LogP contribution in [0.25, 0.3) is 11.0 Å². The zero-order valence-corrected chi connectivity index (χ0v) is 24.2. The van der Waals surface area contributed by atoms with E-state index in [4.69, 9.17) is 16.3 Å². The average Bonchev–Trinajstić information content (AvgIpc) is 3.48. The van der Waals surface area contributed by atoms with Crippen LogP contribution < -0.4 is 15.6 Å². The predicted octanol–water partition coefficient (Wildman–Crippen LogP) is 4.46. The van der Waals surface area contributed by atoms with E-state index in [9.17, 15) is 18.3 Å². The van der Waals surface area contributed by atoms with Gasteiger partial charge in [-0.15, -0.1) is 0 Å². The fraction of sp³-hybridized carbons (Fsp3) is 0.536. The number of aliphatic hydroxyl groups excluding tert-OH is 1. The Morgan fingerprint density at radius 3 is 2.58 bits per heavy atom. The van der Waals surface area contributed by atoms with Gasteiger partial charge in [0.15, 0.2) is 0 Å². The highest BCUT2D eigenvalue weighted by atomic mass is 35.5. The third kappa shape index (κ3) is 6.49. The zero-order chi connectivity index (χ0) is 28.3. The van der Waals surface area contributed by atoms with Crippen LogP contribution in [0.15, 0.2) is 40.2 Å². The molecule has 2 heterocycles. The number of ether oxygens (including phenoxy) is 1. The minimum atomic E-state index is -3.71. The number of benzene rings is 1. The second-order valence-corrected chi connectivity index (χ2v) is 12.9. The van der Waals surface area contributed by atoms with Gasteiger partial charge in [-0.05, 0) is 81.2 Å². The number of aryl methyl sites for hydroxylation is 1. The van der Waals surface area contributed by atoms with E-state index in [1.807, 2.05) is 6.92 Å². The van der Waals surface area contributed by atoms with E-state index in [-0.39, 0.29) is 40.8 Å². The first-order valence-corrected chi connectivity index (χ1v) is 15.8. The zero-order valence-electron chi connectivity index (χ0n) is 22.6. The summed E-state index contributed by atoms with van der Waals surface area (Å²) in [6.45, 7) is 2.50. The van der Waals surface area contributed by atoms with Gasteiger partial charge in [0.1, 0.15) is 10.7 Å². The molecule has 10 nitrogen and oxygen atoms in total. The van der Waals surface area contributed by atoms with E-state index in [1.165, 1.54) is 6.07 Å². The van der Waals surface area contributed by atoms with Crippen molar-refractivity contribution in [3.8, 4) is 0 Å². The molecule has 2 aliphatic rings. The Morgan fingerprint density at radius 1 is 1.12 bits per heavy atom. The minimum absolute atomic E-state index is 0.0573. The minimum Gasteiger partial charge on any atom is -0.396 e. The molecular weight excluding hydrogens is 554 g/mol. The van der Waals surface area contributed by atoms with E-state index in [0.29, 0.717) is 40.8 Å². The molecule has 216 valence electrons. The second-order valence-electron chi connectivity index (χ2n) is 10.8. The molecule has 3 aromatic rings. The molecule has 40 heavy (non-hydrogen) atoms. The summed E-state index contributed by atoms with van der Waals surface area (Å²) < 4.78 is 35.9. The topological polar surface area (TPSA) is 135 Å². The smallest absolute Gasteiger partial charge is 0.271 e. The van der Waals surface area contributed by atoms with Gasteiger partial charge < -0.3 is 15.2 Å². The highest BCUT2D eigenvalue weighted by Crippen LogP contribution is 2.32. The molecular formula is C28H36ClN5O5S. The average molecular weight is 590 g/mol. The second kappa shape index (κ2) is 12.5. The number of sulfonamides is 1. The van der Waals surface area contributed by atoms with Crippen molar-refractivity contribution in [2.24, 2.45) is 5.92 Å². The van der Waals surface area contributed by atoms with Gasteiger partial charge in [-0.2, -0.15) is 4.98 Å². The van der Waals surface area contributed by atoms with E-state index in [1.54, 1.807) is 29.0 Å². The number of hydrogen-bond donors (Lipinski definition) is 3. The first-order valence-electron chi connectivity index (χ1n) is 13.9. The first-order chi connectivity index (χ1) is 19.2. The molecule has 2 aromatic heterocycles. The van der Waals surface area contributed by atoms with E-state index < -0.39 is 10.0 Å². The van der Waals surface area contributed by atoms with Crippen LogP contribution in [-0.4, -0.2) is 53.9 Å². The van der Waals surface area contributed by atoms with Gasteiger partial charge in [0.25, 0.3) is 5.56 Å². The van der Waals surface area contributed by atoms with Crippen LogP contribution in [-0.2, 0) is 14.8 Å². The van der Waals surface area contributed by atoms with Gasteiger partial charge >= 0.3 is 0 Å². The summed E-state index contributed by atoms with van der Waals surface area (Å²) in [5, 5.41) is 13.3. The van der Waals surface area contributed by atoms with E-state index in [0.717, 1.165) is 51.4 Å². The maximum atomic E-state index is 12.9. The van der Waals surface area contributed by atoms with Gasteiger partial charge in [0.2, 0.25) is 16.0 Å². The fourth-order valence-electron chi connectivity index (χ4n) is 5.68. The summed E-state index contributed by atoms with van der Waals surface area (Å²) in [6.07, 6.45) is 9.33. The van der Waals surface area contributed by atoms with Gasteiger partial charge in [-0.3, -0.25) is 9.36 Å². The molecule has 1 aromatic carbocycles. The molecule has 0 radical (unpaired) electrons. The van der Waals surface area contributed by atoms with Crippen molar-refractivity contribution >= 4 is 44.3 Å². The Bertz CT molecular complexity index is 1520. The lowest BCUT2D eigenvalue weighted by Crippen LogP contribution is -2.30. The Labute approximate surface area is 239 Å². The van der Waals surface area contributed by atoms with Crippen LogP contribution in [0.3, 0.4) is 0 Å². The number of fused-ring (bicyclic) bond motifs is 1. The number of nitrogens with one attached hydrogen (secondary N) is 2. The quantitative estimate of drug-likeness (QED) is 0.295. The summed E-state index contributed by atoms with van der Waals surface area (Å²) in [4.78, 5) is 22.1. The Balaban J connectivity index is 1.25. The predicted molar refractivity (Wildman–Crippen MR) is 155 cm³/mol. The number of aromatic nitrogens is 3. The van der Waals surface area contributed by atoms with Crippen molar-refractivity contribution < 1.29 is 18.3 Å². The van der Waals surface area contributed by atoms with Crippen LogP contribution in [0.5, 0.6) is 0 Å². The van der Waals surface area contributed by atoms with E-state index >= 15 is 0 Å². The standard InChI is InChI=1S/C28H36ClN5O5S/c1-18-14-23(40(37,38)31-12-13-39-22-8-6-19(17-35)7-9-22)10-11-25(18)32-28-30-16-20-15-24(29)27(36)34(26(20)33-28)21-4-2-3-5-21/h10-11,14-16,19,21-22,31,35H,2-9,12-13,17H2,1H3,(H,30,32,33). The highest BCUT2D eigenvalue weighted by Gasteiger charge is 2.23. The normalized spacial score (nSPS) is 20.3. The van der Waals surface area contributed by atoms with Crippen molar-refractivity contribution in [2.45, 2.75) is 75.3 Å². The maximum Gasteiger partial charge on any atom is 0.271 e. The molecule has 12 heteroatoms. The lowest BCUT2D eigenvalue weighted by atomic mass is 9.88. The van der Waals surface area contributed by atoms with Gasteiger partial charge in [0.05, 0.1) is 17.6 Å². The Hall–Kier alpha value is -2.57. The van der Waals surface area contributed by atoms with Crippen molar-refractivity contribution in [1.29, 1.82) is 0 Å². The van der Waals surface area contributed by atoms with Crippen molar-refractivity contribution in [3.63, 3.8) is 0 Å². The van der Waals surface area contributed by atoms with Crippen LogP contribution in [0, 0.1) is 12.8 Å². The Kier molecular flexibility index (Phi) is 9.06. The molecule has 0 saturated heterocycles. The number of nitrogens with zero attached hydrogens (tertiary/aromatic N) is 3. The summed E-state index contributed by atoms with van der Waals surface area (Å²) in [5.41, 5.74) is 1.64. The fourth-order valence-corrected chi connectivity index (χ4v) is 6.98. The number of hydrogen-bond acceptors (Lipinski definition) is 8.